The van der Waals surface area contributed by atoms with Crippen LogP contribution in [0.4, 0.5) is 13.2 Å². The van der Waals surface area contributed by atoms with Gasteiger partial charge in [0, 0.05) is 12.1 Å². The van der Waals surface area contributed by atoms with E-state index in [0.29, 0.717) is 9.39 Å². The van der Waals surface area contributed by atoms with E-state index in [-0.39, 0.29) is 39.5 Å². The van der Waals surface area contributed by atoms with Crippen molar-refractivity contribution < 1.29 is 18.0 Å². The van der Waals surface area contributed by atoms with Gasteiger partial charge in [0.15, 0.2) is 17.0 Å². The van der Waals surface area contributed by atoms with Crippen molar-refractivity contribution in [2.24, 2.45) is 0 Å². The molecular weight excluding hydrogens is 469 g/mol. The van der Waals surface area contributed by atoms with Gasteiger partial charge in [-0.25, -0.2) is 9.50 Å². The average Bonchev–Trinajstić information content (AvgIpc) is 3.28. The molecule has 2 atom stereocenters. The van der Waals surface area contributed by atoms with Crippen molar-refractivity contribution >= 4 is 38.8 Å². The molecule has 0 saturated carbocycles. The van der Waals surface area contributed by atoms with Gasteiger partial charge in [-0.15, -0.1) is 11.3 Å². The molecule has 1 aliphatic rings. The van der Waals surface area contributed by atoms with Crippen molar-refractivity contribution in [3.63, 3.8) is 0 Å². The summed E-state index contributed by atoms with van der Waals surface area (Å²) in [5.41, 5.74) is -0.847. The van der Waals surface area contributed by atoms with Crippen molar-refractivity contribution in [3.05, 3.63) is 39.4 Å². The molecule has 0 unspecified atom stereocenters. The molecular formula is C19H18BrF3N4OS. The van der Waals surface area contributed by atoms with Crippen molar-refractivity contribution in [2.75, 3.05) is 0 Å². The Bertz CT molecular complexity index is 1050. The molecule has 4 heterocycles. The monoisotopic (exact) mass is 486 g/mol. The number of hydrogen-bond donors (Lipinski definition) is 0. The number of thiophene rings is 1. The molecule has 4 rings (SSSR count). The van der Waals surface area contributed by atoms with E-state index in [1.807, 2.05) is 13.8 Å². The fourth-order valence-corrected chi connectivity index (χ4v) is 5.02. The van der Waals surface area contributed by atoms with Crippen LogP contribution in [-0.4, -0.2) is 37.5 Å². The second kappa shape index (κ2) is 7.39. The number of nitrogens with zero attached hydrogens (tertiary/aromatic N) is 4. The summed E-state index contributed by atoms with van der Waals surface area (Å²) in [5.74, 6) is -0.382. The van der Waals surface area contributed by atoms with Crippen LogP contribution in [0.5, 0.6) is 0 Å². The predicted molar refractivity (Wildman–Crippen MR) is 108 cm³/mol. The summed E-state index contributed by atoms with van der Waals surface area (Å²) in [6.45, 7) is 3.90. The van der Waals surface area contributed by atoms with E-state index < -0.39 is 11.9 Å². The molecule has 1 fully saturated rings. The maximum absolute atomic E-state index is 13.8. The smallest absolute Gasteiger partial charge is 0.332 e. The fourth-order valence-electron chi connectivity index (χ4n) is 3.82. The van der Waals surface area contributed by atoms with E-state index in [2.05, 4.69) is 26.0 Å². The number of piperidine rings is 1. The standard InChI is InChI=1S/C19H18BrF3N4OS/c1-10-5-3-6-11(2)26(10)18(28)16-15(20)17-24-12(13-7-4-8-29-13)9-14(19(21,22)23)27(17)25-16/h4,7-11H,3,5-6H2,1-2H3/t10-,11-/m1/s1. The van der Waals surface area contributed by atoms with Gasteiger partial charge in [0.05, 0.1) is 15.0 Å². The third kappa shape index (κ3) is 3.56. The molecule has 0 N–H and O–H groups in total. The zero-order valence-electron chi connectivity index (χ0n) is 15.7. The van der Waals surface area contributed by atoms with Crippen LogP contribution < -0.4 is 0 Å². The fraction of sp³-hybridized carbons (Fsp3) is 0.421. The van der Waals surface area contributed by atoms with Crippen molar-refractivity contribution in [1.82, 2.24) is 19.5 Å². The molecule has 0 aliphatic carbocycles. The molecule has 5 nitrogen and oxygen atoms in total. The predicted octanol–water partition coefficient (Wildman–Crippen LogP) is 5.64. The van der Waals surface area contributed by atoms with E-state index in [1.54, 1.807) is 22.4 Å². The molecule has 10 heteroatoms. The Balaban J connectivity index is 1.89. The molecule has 0 spiro atoms. The van der Waals surface area contributed by atoms with Gasteiger partial charge < -0.3 is 4.90 Å². The first-order valence-electron chi connectivity index (χ1n) is 9.21. The number of carbonyl (C=O) groups is 1. The zero-order chi connectivity index (χ0) is 20.9. The second-order valence-corrected chi connectivity index (χ2v) is 8.98. The molecule has 0 radical (unpaired) electrons. The van der Waals surface area contributed by atoms with Gasteiger partial charge in [-0.3, -0.25) is 4.79 Å². The molecule has 0 bridgehead atoms. The maximum Gasteiger partial charge on any atom is 0.433 e. The first-order chi connectivity index (χ1) is 13.7. The lowest BCUT2D eigenvalue weighted by Gasteiger charge is -2.38. The van der Waals surface area contributed by atoms with Crippen LogP contribution in [0.15, 0.2) is 28.1 Å². The molecule has 1 saturated heterocycles. The molecule has 154 valence electrons. The molecule has 3 aromatic heterocycles. The van der Waals surface area contributed by atoms with Crippen LogP contribution in [0.2, 0.25) is 0 Å². The highest BCUT2D eigenvalue weighted by atomic mass is 79.9. The summed E-state index contributed by atoms with van der Waals surface area (Å²) in [4.78, 5) is 19.9. The first kappa shape index (κ1) is 20.3. The minimum absolute atomic E-state index is 0.000289. The van der Waals surface area contributed by atoms with E-state index in [4.69, 9.17) is 0 Å². The number of carbonyl (C=O) groups excluding carboxylic acids is 1. The Morgan fingerprint density at radius 1 is 1.28 bits per heavy atom. The van der Waals surface area contributed by atoms with E-state index in [9.17, 15) is 18.0 Å². The topological polar surface area (TPSA) is 50.5 Å². The maximum atomic E-state index is 13.8. The van der Waals surface area contributed by atoms with Gasteiger partial charge in [0.1, 0.15) is 0 Å². The molecule has 3 aromatic rings. The SMILES string of the molecule is C[C@@H]1CCC[C@@H](C)N1C(=O)c1nn2c(C(F)(F)F)cc(-c3cccs3)nc2c1Br. The summed E-state index contributed by atoms with van der Waals surface area (Å²) in [6, 6.07) is 4.42. The van der Waals surface area contributed by atoms with Crippen molar-refractivity contribution in [1.29, 1.82) is 0 Å². The van der Waals surface area contributed by atoms with E-state index >= 15 is 0 Å². The van der Waals surface area contributed by atoms with E-state index in [0.717, 1.165) is 25.3 Å². The summed E-state index contributed by atoms with van der Waals surface area (Å²) in [7, 11) is 0. The number of alkyl halides is 3. The third-order valence-corrected chi connectivity index (χ3v) is 6.85. The number of amides is 1. The summed E-state index contributed by atoms with van der Waals surface area (Å²) >= 11 is 4.60. The summed E-state index contributed by atoms with van der Waals surface area (Å²) in [6.07, 6.45) is -1.92. The molecule has 29 heavy (non-hydrogen) atoms. The summed E-state index contributed by atoms with van der Waals surface area (Å²) in [5, 5.41) is 5.82. The van der Waals surface area contributed by atoms with Gasteiger partial charge in [0.2, 0.25) is 0 Å². The normalized spacial score (nSPS) is 20.4. The quantitative estimate of drug-likeness (QED) is 0.470. The lowest BCUT2D eigenvalue weighted by atomic mass is 9.97. The lowest BCUT2D eigenvalue weighted by molar-refractivity contribution is -0.142. The molecule has 1 aliphatic heterocycles. The number of aromatic nitrogens is 3. The van der Waals surface area contributed by atoms with Gasteiger partial charge in [-0.2, -0.15) is 18.3 Å². The third-order valence-electron chi connectivity index (χ3n) is 5.23. The highest BCUT2D eigenvalue weighted by molar-refractivity contribution is 9.10. The number of fused-ring (bicyclic) bond motifs is 1. The first-order valence-corrected chi connectivity index (χ1v) is 10.9. The Hall–Kier alpha value is -1.94. The molecule has 0 aromatic carbocycles. The number of hydrogen-bond acceptors (Lipinski definition) is 4. The largest absolute Gasteiger partial charge is 0.433 e. The van der Waals surface area contributed by atoms with Gasteiger partial charge in [-0.05, 0) is 66.6 Å². The van der Waals surface area contributed by atoms with Crippen LogP contribution in [0.1, 0.15) is 49.3 Å². The second-order valence-electron chi connectivity index (χ2n) is 7.24. The van der Waals surface area contributed by atoms with Gasteiger partial charge in [-0.1, -0.05) is 6.07 Å². The number of rotatable bonds is 2. The minimum atomic E-state index is -4.65. The van der Waals surface area contributed by atoms with Crippen LogP contribution in [0.3, 0.4) is 0 Å². The van der Waals surface area contributed by atoms with Crippen LogP contribution >= 0.6 is 27.3 Å². The van der Waals surface area contributed by atoms with Gasteiger partial charge in [0.25, 0.3) is 5.91 Å². The minimum Gasteiger partial charge on any atom is -0.332 e. The van der Waals surface area contributed by atoms with Crippen LogP contribution in [0, 0.1) is 0 Å². The van der Waals surface area contributed by atoms with Crippen LogP contribution in [-0.2, 0) is 6.18 Å². The van der Waals surface area contributed by atoms with Crippen LogP contribution in [0.25, 0.3) is 16.2 Å². The Labute approximate surface area is 177 Å². The van der Waals surface area contributed by atoms with E-state index in [1.165, 1.54) is 11.3 Å². The average molecular weight is 487 g/mol. The van der Waals surface area contributed by atoms with Crippen molar-refractivity contribution in [2.45, 2.75) is 51.4 Å². The highest BCUT2D eigenvalue weighted by Crippen LogP contribution is 2.36. The lowest BCUT2D eigenvalue weighted by Crippen LogP contribution is -2.47. The van der Waals surface area contributed by atoms with Crippen molar-refractivity contribution in [3.8, 4) is 10.6 Å². The number of likely N-dealkylation sites (tertiary alicyclic amines) is 1. The Kier molecular flexibility index (Phi) is 5.18. The highest BCUT2D eigenvalue weighted by Gasteiger charge is 2.38. The summed E-state index contributed by atoms with van der Waals surface area (Å²) < 4.78 is 42.2. The zero-order valence-corrected chi connectivity index (χ0v) is 18.1. The van der Waals surface area contributed by atoms with Gasteiger partial charge >= 0.3 is 6.18 Å². The number of halogens is 4. The Morgan fingerprint density at radius 2 is 1.97 bits per heavy atom. The molecule has 1 amide bonds. The Morgan fingerprint density at radius 3 is 2.55 bits per heavy atom.